The zero-order valence-electron chi connectivity index (χ0n) is 15.1. The van der Waals surface area contributed by atoms with Crippen LogP contribution < -0.4 is 14.8 Å². The van der Waals surface area contributed by atoms with E-state index < -0.39 is 44.8 Å². The SMILES string of the molecule is O=C1c2ccccc2C(=O)c2c1cc(S(=O)(=O)O)c1c2O[B-](O)(c2ccccc2)O1. The maximum absolute atomic E-state index is 13.1. The lowest BCUT2D eigenvalue weighted by atomic mass is 9.70. The molecule has 0 fully saturated rings. The minimum absolute atomic E-state index is 0.0963. The summed E-state index contributed by atoms with van der Waals surface area (Å²) >= 11 is 0. The van der Waals surface area contributed by atoms with E-state index >= 15 is 0 Å². The van der Waals surface area contributed by atoms with E-state index in [9.17, 15) is 27.6 Å². The third-order valence-corrected chi connectivity index (χ3v) is 6.00. The number of benzene rings is 3. The van der Waals surface area contributed by atoms with Gasteiger partial charge in [0, 0.05) is 16.7 Å². The molecule has 0 spiro atoms. The van der Waals surface area contributed by atoms with Crippen LogP contribution in [0.15, 0.2) is 65.6 Å². The molecule has 0 amide bonds. The fourth-order valence-corrected chi connectivity index (χ4v) is 4.41. The first kappa shape index (κ1) is 18.6. The molecule has 0 radical (unpaired) electrons. The molecule has 1 unspecified atom stereocenters. The van der Waals surface area contributed by atoms with E-state index in [0.717, 1.165) is 6.07 Å². The van der Waals surface area contributed by atoms with Crippen molar-refractivity contribution >= 4 is 33.9 Å². The van der Waals surface area contributed by atoms with Crippen LogP contribution in [0.1, 0.15) is 31.8 Å². The number of ketones is 2. The summed E-state index contributed by atoms with van der Waals surface area (Å²) < 4.78 is 44.8. The van der Waals surface area contributed by atoms with Gasteiger partial charge in [-0.25, -0.2) is 0 Å². The van der Waals surface area contributed by atoms with Gasteiger partial charge in [0.25, 0.3) is 10.1 Å². The van der Waals surface area contributed by atoms with Crippen LogP contribution >= 0.6 is 0 Å². The number of carbonyl (C=O) groups is 2. The molecule has 5 rings (SSSR count). The Kier molecular flexibility index (Phi) is 3.72. The second kappa shape index (κ2) is 6.02. The molecule has 1 heterocycles. The molecule has 1 aliphatic heterocycles. The average molecular weight is 423 g/mol. The molecule has 0 saturated heterocycles. The molecule has 1 atom stereocenters. The Morgan fingerprint density at radius 2 is 1.33 bits per heavy atom. The first-order valence-electron chi connectivity index (χ1n) is 8.87. The zero-order valence-corrected chi connectivity index (χ0v) is 15.9. The number of fused-ring (bicyclic) bond motifs is 4. The van der Waals surface area contributed by atoms with Gasteiger partial charge in [-0.15, -0.1) is 0 Å². The van der Waals surface area contributed by atoms with E-state index in [0.29, 0.717) is 0 Å². The lowest BCUT2D eigenvalue weighted by Crippen LogP contribution is -2.57. The Bertz CT molecular complexity index is 1370. The van der Waals surface area contributed by atoms with Crippen LogP contribution in [0.4, 0.5) is 0 Å². The van der Waals surface area contributed by atoms with Gasteiger partial charge in [0.2, 0.25) is 0 Å². The van der Waals surface area contributed by atoms with Crippen molar-refractivity contribution in [2.75, 3.05) is 0 Å². The average Bonchev–Trinajstić information content (AvgIpc) is 3.09. The fourth-order valence-electron chi connectivity index (χ4n) is 3.77. The molecule has 2 aliphatic rings. The van der Waals surface area contributed by atoms with Crippen molar-refractivity contribution in [3.05, 3.63) is 82.9 Å². The molecular formula is C20H12BO8S-. The fraction of sp³-hybridized carbons (Fsp3) is 0. The van der Waals surface area contributed by atoms with Gasteiger partial charge in [0.15, 0.2) is 11.6 Å². The Labute approximate surface area is 170 Å². The van der Waals surface area contributed by atoms with Gasteiger partial charge in [0.1, 0.15) is 16.4 Å². The van der Waals surface area contributed by atoms with Crippen molar-refractivity contribution in [3.8, 4) is 11.5 Å². The molecule has 8 nitrogen and oxygen atoms in total. The molecule has 1 aliphatic carbocycles. The lowest BCUT2D eigenvalue weighted by molar-refractivity contribution is 0.0977. The summed E-state index contributed by atoms with van der Waals surface area (Å²) in [7, 11) is -4.88. The standard InChI is InChI=1S/C20H12BO8S/c22-17-12-8-4-5-9-13(12)18(23)16-14(17)10-15(30(25,26)27)19-20(16)29-21(24,28-19)11-6-2-1-3-7-11/h1-10,24H,(H,25,26,27)/q-1. The highest BCUT2D eigenvalue weighted by Gasteiger charge is 2.45. The lowest BCUT2D eigenvalue weighted by Gasteiger charge is -2.29. The summed E-state index contributed by atoms with van der Waals surface area (Å²) in [5.41, 5.74) is -0.0996. The van der Waals surface area contributed by atoms with Crippen LogP contribution in [0.2, 0.25) is 0 Å². The molecule has 150 valence electrons. The smallest absolute Gasteiger partial charge is 0.520 e. The van der Waals surface area contributed by atoms with Crippen LogP contribution in [0.5, 0.6) is 11.5 Å². The van der Waals surface area contributed by atoms with Gasteiger partial charge >= 0.3 is 6.75 Å². The minimum Gasteiger partial charge on any atom is -0.653 e. The largest absolute Gasteiger partial charge is 0.653 e. The highest BCUT2D eigenvalue weighted by Crippen LogP contribution is 2.48. The van der Waals surface area contributed by atoms with E-state index in [-0.39, 0.29) is 27.7 Å². The quantitative estimate of drug-likeness (QED) is 0.365. The van der Waals surface area contributed by atoms with E-state index in [1.54, 1.807) is 30.3 Å². The van der Waals surface area contributed by atoms with E-state index in [4.69, 9.17) is 9.31 Å². The molecule has 2 N–H and O–H groups in total. The topological polar surface area (TPSA) is 127 Å². The summed E-state index contributed by atoms with van der Waals surface area (Å²) in [6.45, 7) is -3.25. The number of hydrogen-bond donors (Lipinski definition) is 2. The van der Waals surface area contributed by atoms with Gasteiger partial charge in [-0.1, -0.05) is 60.1 Å². The zero-order chi connectivity index (χ0) is 21.3. The van der Waals surface area contributed by atoms with Crippen LogP contribution in [-0.2, 0) is 10.1 Å². The van der Waals surface area contributed by atoms with Gasteiger partial charge in [-0.2, -0.15) is 8.42 Å². The van der Waals surface area contributed by atoms with Crippen LogP contribution in [0.25, 0.3) is 0 Å². The second-order valence-electron chi connectivity index (χ2n) is 6.95. The highest BCUT2D eigenvalue weighted by atomic mass is 32.2. The third-order valence-electron chi connectivity index (χ3n) is 5.14. The van der Waals surface area contributed by atoms with Crippen LogP contribution in [-0.4, -0.2) is 36.3 Å². The summed E-state index contributed by atoms with van der Waals surface area (Å²) in [5.74, 6) is -2.13. The van der Waals surface area contributed by atoms with Crippen molar-refractivity contribution in [2.45, 2.75) is 4.90 Å². The highest BCUT2D eigenvalue weighted by molar-refractivity contribution is 7.86. The molecule has 10 heteroatoms. The number of rotatable bonds is 2. The molecule has 0 aromatic heterocycles. The summed E-state index contributed by atoms with van der Waals surface area (Å²) in [4.78, 5) is 25.4. The predicted molar refractivity (Wildman–Crippen MR) is 105 cm³/mol. The molecule has 0 saturated carbocycles. The molecule has 3 aromatic carbocycles. The molecule has 30 heavy (non-hydrogen) atoms. The normalized spacial score (nSPS) is 19.4. The molecular weight excluding hydrogens is 411 g/mol. The van der Waals surface area contributed by atoms with Crippen molar-refractivity contribution in [3.63, 3.8) is 0 Å². The third kappa shape index (κ3) is 2.51. The van der Waals surface area contributed by atoms with Gasteiger partial charge in [0.05, 0.1) is 5.56 Å². The van der Waals surface area contributed by atoms with Crippen LogP contribution in [0.3, 0.4) is 0 Å². The summed E-state index contributed by atoms with van der Waals surface area (Å²) in [5, 5.41) is 11.0. The second-order valence-corrected chi connectivity index (χ2v) is 8.34. The Hall–Kier alpha value is -3.47. The maximum atomic E-state index is 13.1. The molecule has 0 bridgehead atoms. The summed E-state index contributed by atoms with van der Waals surface area (Å²) in [6.07, 6.45) is 0. The van der Waals surface area contributed by atoms with Gasteiger partial charge < -0.3 is 14.3 Å². The van der Waals surface area contributed by atoms with Crippen molar-refractivity contribution in [2.24, 2.45) is 0 Å². The first-order chi connectivity index (χ1) is 14.2. The van der Waals surface area contributed by atoms with E-state index in [1.165, 1.54) is 24.3 Å². The van der Waals surface area contributed by atoms with Crippen molar-refractivity contribution < 1.29 is 36.9 Å². The van der Waals surface area contributed by atoms with Crippen LogP contribution in [0, 0.1) is 0 Å². The number of carbonyl (C=O) groups excluding carboxylic acids is 2. The van der Waals surface area contributed by atoms with Gasteiger partial charge in [-0.05, 0) is 6.07 Å². The minimum atomic E-state index is -4.88. The van der Waals surface area contributed by atoms with Crippen molar-refractivity contribution in [1.29, 1.82) is 0 Å². The van der Waals surface area contributed by atoms with E-state index in [2.05, 4.69) is 0 Å². The Morgan fingerprint density at radius 1 is 0.767 bits per heavy atom. The van der Waals surface area contributed by atoms with Gasteiger partial charge in [-0.3, -0.25) is 14.1 Å². The monoisotopic (exact) mass is 423 g/mol. The molecule has 3 aromatic rings. The maximum Gasteiger partial charge on any atom is 0.520 e. The first-order valence-corrected chi connectivity index (χ1v) is 10.3. The number of hydrogen-bond acceptors (Lipinski definition) is 7. The summed E-state index contributed by atoms with van der Waals surface area (Å²) in [6, 6.07) is 14.8. The Balaban J connectivity index is 1.80. The van der Waals surface area contributed by atoms with E-state index in [1.807, 2.05) is 0 Å². The predicted octanol–water partition coefficient (Wildman–Crippen LogP) is 1.32. The Morgan fingerprint density at radius 3 is 1.97 bits per heavy atom. The van der Waals surface area contributed by atoms with Crippen molar-refractivity contribution in [1.82, 2.24) is 0 Å².